The number of carbonyl (C=O) groups is 1. The minimum atomic E-state index is -0.488. The first-order valence-corrected chi connectivity index (χ1v) is 10.5. The first-order chi connectivity index (χ1) is 15.0. The van der Waals surface area contributed by atoms with Crippen molar-refractivity contribution in [2.24, 2.45) is 0 Å². The van der Waals surface area contributed by atoms with E-state index < -0.39 is 5.82 Å². The lowest BCUT2D eigenvalue weighted by Gasteiger charge is -2.28. The van der Waals surface area contributed by atoms with Crippen LogP contribution >= 0.6 is 23.8 Å². The molecule has 2 atom stereocenters. The lowest BCUT2D eigenvalue weighted by Crippen LogP contribution is -2.36. The number of halogens is 2. The molecule has 1 saturated heterocycles. The molecule has 1 fully saturated rings. The molecule has 2 aromatic heterocycles. The molecule has 6 nitrogen and oxygen atoms in total. The van der Waals surface area contributed by atoms with E-state index in [0.29, 0.717) is 10.8 Å². The second-order valence-electron chi connectivity index (χ2n) is 6.96. The summed E-state index contributed by atoms with van der Waals surface area (Å²) in [6.45, 7) is 2.03. The van der Waals surface area contributed by atoms with Crippen LogP contribution in [0.25, 0.3) is 5.69 Å². The van der Waals surface area contributed by atoms with E-state index in [0.717, 1.165) is 11.4 Å². The van der Waals surface area contributed by atoms with Crippen LogP contribution in [0.15, 0.2) is 60.9 Å². The molecule has 1 aromatic carbocycles. The zero-order valence-electron chi connectivity index (χ0n) is 16.7. The van der Waals surface area contributed by atoms with Crippen molar-refractivity contribution in [2.75, 3.05) is 13.2 Å². The zero-order chi connectivity index (χ0) is 22.0. The van der Waals surface area contributed by atoms with Crippen molar-refractivity contribution in [3.8, 4) is 5.69 Å². The maximum atomic E-state index is 13.7. The highest BCUT2D eigenvalue weighted by molar-refractivity contribution is 7.80. The Morgan fingerprint density at radius 2 is 2.13 bits per heavy atom. The van der Waals surface area contributed by atoms with Crippen LogP contribution < -0.4 is 5.32 Å². The van der Waals surface area contributed by atoms with E-state index in [1.54, 1.807) is 30.2 Å². The van der Waals surface area contributed by atoms with Gasteiger partial charge in [-0.1, -0.05) is 17.7 Å². The van der Waals surface area contributed by atoms with E-state index in [1.165, 1.54) is 6.07 Å². The van der Waals surface area contributed by atoms with Crippen molar-refractivity contribution in [1.29, 1.82) is 0 Å². The van der Waals surface area contributed by atoms with Gasteiger partial charge in [-0.3, -0.25) is 9.78 Å². The summed E-state index contributed by atoms with van der Waals surface area (Å²) >= 11 is 11.6. The Morgan fingerprint density at radius 3 is 2.84 bits per heavy atom. The predicted molar refractivity (Wildman–Crippen MR) is 120 cm³/mol. The van der Waals surface area contributed by atoms with E-state index in [-0.39, 0.29) is 36.2 Å². The van der Waals surface area contributed by atoms with Crippen molar-refractivity contribution in [1.82, 2.24) is 19.8 Å². The van der Waals surface area contributed by atoms with Gasteiger partial charge in [-0.25, -0.2) is 4.39 Å². The van der Waals surface area contributed by atoms with Gasteiger partial charge in [0.2, 0.25) is 0 Å². The number of pyridine rings is 1. The smallest absolute Gasteiger partial charge is 0.325 e. The number of hydrogen-bond donors (Lipinski definition) is 1. The second-order valence-corrected chi connectivity index (χ2v) is 7.75. The third-order valence-corrected chi connectivity index (χ3v) is 5.71. The minimum Gasteiger partial charge on any atom is -0.465 e. The standard InChI is InChI=1S/C22H20ClFN4O2S/c1-2-30-19(29)13-28-21(20(26-22(28)31)17-6-3-4-10-25-17)18-7-5-11-27(18)14-8-9-16(24)15(23)12-14/h3-12,20-21H,2,13H2,1H3,(H,26,31). The Hall–Kier alpha value is -2.97. The van der Waals surface area contributed by atoms with Crippen molar-refractivity contribution in [3.05, 3.63) is 83.2 Å². The second kappa shape index (κ2) is 9.03. The summed E-state index contributed by atoms with van der Waals surface area (Å²) < 4.78 is 20.8. The van der Waals surface area contributed by atoms with Crippen LogP contribution in [-0.4, -0.2) is 38.7 Å². The van der Waals surface area contributed by atoms with Gasteiger partial charge in [-0.15, -0.1) is 0 Å². The fourth-order valence-electron chi connectivity index (χ4n) is 3.75. The van der Waals surface area contributed by atoms with E-state index in [2.05, 4.69) is 10.3 Å². The maximum absolute atomic E-state index is 13.7. The SMILES string of the molecule is CCOC(=O)CN1C(=S)NC(c2ccccn2)C1c1cccn1-c1ccc(F)c(Cl)c1. The zero-order valence-corrected chi connectivity index (χ0v) is 18.2. The molecule has 9 heteroatoms. The summed E-state index contributed by atoms with van der Waals surface area (Å²) in [5.74, 6) is -0.862. The number of aromatic nitrogens is 2. The number of carbonyl (C=O) groups excluding carboxylic acids is 1. The number of rotatable bonds is 6. The number of nitrogens with zero attached hydrogens (tertiary/aromatic N) is 3. The number of nitrogens with one attached hydrogen (secondary N) is 1. The molecule has 0 amide bonds. The van der Waals surface area contributed by atoms with Gasteiger partial charge in [0.25, 0.3) is 0 Å². The molecule has 1 N–H and O–H groups in total. The molecule has 2 unspecified atom stereocenters. The van der Waals surface area contributed by atoms with Crippen LogP contribution in [-0.2, 0) is 9.53 Å². The Morgan fingerprint density at radius 1 is 1.29 bits per heavy atom. The highest BCUT2D eigenvalue weighted by atomic mass is 35.5. The molecule has 0 saturated carbocycles. The summed E-state index contributed by atoms with van der Waals surface area (Å²) in [6, 6.07) is 13.3. The van der Waals surface area contributed by atoms with Crippen LogP contribution in [0.2, 0.25) is 5.02 Å². The van der Waals surface area contributed by atoms with Crippen LogP contribution in [0.1, 0.15) is 30.4 Å². The molecule has 1 aliphatic heterocycles. The highest BCUT2D eigenvalue weighted by Crippen LogP contribution is 2.39. The van der Waals surface area contributed by atoms with Gasteiger partial charge in [-0.2, -0.15) is 0 Å². The molecule has 1 aliphatic rings. The van der Waals surface area contributed by atoms with Crippen LogP contribution in [0.5, 0.6) is 0 Å². The van der Waals surface area contributed by atoms with Crippen molar-refractivity contribution < 1.29 is 13.9 Å². The van der Waals surface area contributed by atoms with Gasteiger partial charge in [0.1, 0.15) is 12.4 Å². The quantitative estimate of drug-likeness (QED) is 0.441. The normalized spacial score (nSPS) is 18.2. The molecule has 4 rings (SSSR count). The van der Waals surface area contributed by atoms with E-state index in [4.69, 9.17) is 28.6 Å². The first-order valence-electron chi connectivity index (χ1n) is 9.76. The molecular formula is C22H20ClFN4O2S. The van der Waals surface area contributed by atoms with Crippen molar-refractivity contribution >= 4 is 34.9 Å². The number of hydrogen-bond acceptors (Lipinski definition) is 4. The van der Waals surface area contributed by atoms with Gasteiger partial charge in [-0.05, 0) is 61.6 Å². The monoisotopic (exact) mass is 458 g/mol. The molecule has 0 spiro atoms. The molecule has 0 bridgehead atoms. The molecule has 31 heavy (non-hydrogen) atoms. The number of benzene rings is 1. The Labute approximate surface area is 189 Å². The molecule has 160 valence electrons. The molecule has 0 aliphatic carbocycles. The summed E-state index contributed by atoms with van der Waals surface area (Å²) in [5, 5.41) is 3.75. The first kappa shape index (κ1) is 21.3. The topological polar surface area (TPSA) is 59.4 Å². The largest absolute Gasteiger partial charge is 0.465 e. The lowest BCUT2D eigenvalue weighted by molar-refractivity contribution is -0.143. The van der Waals surface area contributed by atoms with Crippen LogP contribution in [0, 0.1) is 5.82 Å². The van der Waals surface area contributed by atoms with Crippen molar-refractivity contribution in [2.45, 2.75) is 19.0 Å². The fraction of sp³-hybridized carbons (Fsp3) is 0.227. The van der Waals surface area contributed by atoms with Gasteiger partial charge in [0.05, 0.1) is 29.4 Å². The maximum Gasteiger partial charge on any atom is 0.325 e. The average Bonchev–Trinajstić information content (AvgIpc) is 3.36. The molecular weight excluding hydrogens is 439 g/mol. The Balaban J connectivity index is 1.79. The third-order valence-electron chi connectivity index (χ3n) is 5.07. The fourth-order valence-corrected chi connectivity index (χ4v) is 4.23. The average molecular weight is 459 g/mol. The van der Waals surface area contributed by atoms with E-state index in [1.807, 2.05) is 41.1 Å². The minimum absolute atomic E-state index is 0.0109. The molecule has 3 aromatic rings. The van der Waals surface area contributed by atoms with E-state index >= 15 is 0 Å². The summed E-state index contributed by atoms with van der Waals surface area (Å²) in [7, 11) is 0. The summed E-state index contributed by atoms with van der Waals surface area (Å²) in [5.41, 5.74) is 2.32. The number of ether oxygens (including phenoxy) is 1. The third kappa shape index (κ3) is 4.26. The van der Waals surface area contributed by atoms with Crippen molar-refractivity contribution in [3.63, 3.8) is 0 Å². The predicted octanol–water partition coefficient (Wildman–Crippen LogP) is 4.20. The Kier molecular flexibility index (Phi) is 6.20. The summed E-state index contributed by atoms with van der Waals surface area (Å²) in [4.78, 5) is 18.6. The highest BCUT2D eigenvalue weighted by Gasteiger charge is 2.42. The number of thiocarbonyl (C=S) groups is 1. The van der Waals surface area contributed by atoms with Crippen LogP contribution in [0.3, 0.4) is 0 Å². The van der Waals surface area contributed by atoms with Crippen LogP contribution in [0.4, 0.5) is 4.39 Å². The van der Waals surface area contributed by atoms with E-state index in [9.17, 15) is 9.18 Å². The molecule has 0 radical (unpaired) electrons. The lowest BCUT2D eigenvalue weighted by atomic mass is 10.0. The van der Waals surface area contributed by atoms with Gasteiger partial charge < -0.3 is 19.5 Å². The van der Waals surface area contributed by atoms with Gasteiger partial charge in [0, 0.05) is 23.8 Å². The van der Waals surface area contributed by atoms with Gasteiger partial charge >= 0.3 is 5.97 Å². The number of esters is 1. The molecule has 3 heterocycles. The Bertz CT molecular complexity index is 1110. The summed E-state index contributed by atoms with van der Waals surface area (Å²) in [6.07, 6.45) is 3.57. The van der Waals surface area contributed by atoms with Gasteiger partial charge in [0.15, 0.2) is 5.11 Å².